The number of rotatable bonds is 8. The van der Waals surface area contributed by atoms with Gasteiger partial charge in [0.15, 0.2) is 0 Å². The highest BCUT2D eigenvalue weighted by atomic mass is 35.5. The van der Waals surface area contributed by atoms with Crippen LogP contribution in [0.1, 0.15) is 0 Å². The molecular weight excluding hydrogens is 279 g/mol. The van der Waals surface area contributed by atoms with Gasteiger partial charge >= 0.3 is 0 Å². The first kappa shape index (κ1) is 15.4. The Morgan fingerprint density at radius 3 is 1.44 bits per heavy atom. The first-order valence-electron chi connectivity index (χ1n) is 5.51. The number of ether oxygens (including phenoxy) is 2. The fourth-order valence-electron chi connectivity index (χ4n) is 1.11. The molecule has 0 radical (unpaired) electrons. The van der Waals surface area contributed by atoms with Crippen LogP contribution in [0.4, 0.5) is 0 Å². The van der Waals surface area contributed by atoms with E-state index in [2.05, 4.69) is 0 Å². The summed E-state index contributed by atoms with van der Waals surface area (Å²) in [4.78, 5) is 0. The third kappa shape index (κ3) is 5.78. The van der Waals surface area contributed by atoms with Gasteiger partial charge in [-0.3, -0.25) is 0 Å². The van der Waals surface area contributed by atoms with E-state index in [4.69, 9.17) is 42.9 Å². The Morgan fingerprint density at radius 2 is 1.17 bits per heavy atom. The number of hydrogen-bond acceptors (Lipinski definition) is 4. The minimum absolute atomic E-state index is 0.124. The van der Waals surface area contributed by atoms with E-state index in [9.17, 15) is 0 Å². The van der Waals surface area contributed by atoms with Crippen molar-refractivity contribution in [3.8, 4) is 11.5 Å². The van der Waals surface area contributed by atoms with E-state index in [0.717, 1.165) is 0 Å². The lowest BCUT2D eigenvalue weighted by Crippen LogP contribution is -2.16. The van der Waals surface area contributed by atoms with Gasteiger partial charge in [-0.1, -0.05) is 0 Å². The van der Waals surface area contributed by atoms with E-state index >= 15 is 0 Å². The van der Waals surface area contributed by atoms with Crippen LogP contribution < -0.4 is 9.47 Å². The quantitative estimate of drug-likeness (QED) is 0.716. The predicted molar refractivity (Wildman–Crippen MR) is 70.9 cm³/mol. The highest BCUT2D eigenvalue weighted by Crippen LogP contribution is 2.18. The van der Waals surface area contributed by atoms with Crippen LogP contribution in [0.5, 0.6) is 11.5 Å². The molecule has 0 aliphatic rings. The van der Waals surface area contributed by atoms with Gasteiger partial charge in [-0.15, -0.1) is 23.2 Å². The molecule has 2 atom stereocenters. The van der Waals surface area contributed by atoms with Crippen LogP contribution in [0.2, 0.25) is 0 Å². The molecule has 1 rings (SSSR count). The zero-order valence-corrected chi connectivity index (χ0v) is 11.3. The van der Waals surface area contributed by atoms with Crippen molar-refractivity contribution < 1.29 is 19.7 Å². The summed E-state index contributed by atoms with van der Waals surface area (Å²) < 4.78 is 10.7. The molecule has 0 aliphatic heterocycles. The zero-order chi connectivity index (χ0) is 13.4. The summed E-state index contributed by atoms with van der Waals surface area (Å²) in [7, 11) is 0. The summed E-state index contributed by atoms with van der Waals surface area (Å²) in [5, 5.41) is 16.6. The molecule has 0 saturated carbocycles. The highest BCUT2D eigenvalue weighted by Gasteiger charge is 2.05. The molecule has 1 aromatic carbocycles. The average Bonchev–Trinajstić information content (AvgIpc) is 2.43. The van der Waals surface area contributed by atoms with Gasteiger partial charge in [0.05, 0.1) is 24.0 Å². The molecule has 0 fully saturated rings. The minimum Gasteiger partial charge on any atom is -0.492 e. The second-order valence-corrected chi connectivity index (χ2v) is 4.89. The van der Waals surface area contributed by atoms with Crippen molar-refractivity contribution in [1.29, 1.82) is 0 Å². The molecule has 102 valence electrons. The van der Waals surface area contributed by atoms with Gasteiger partial charge in [0.25, 0.3) is 0 Å². The van der Waals surface area contributed by atoms with Crippen molar-refractivity contribution in [3.05, 3.63) is 24.3 Å². The van der Waals surface area contributed by atoms with E-state index < -0.39 is 10.8 Å². The molecule has 4 nitrogen and oxygen atoms in total. The SMILES string of the molecule is OCC(Cl)COc1ccc(OCC(Cl)CO)cc1. The summed E-state index contributed by atoms with van der Waals surface area (Å²) in [6, 6.07) is 6.94. The number of halogens is 2. The molecule has 0 heterocycles. The molecule has 1 aromatic rings. The van der Waals surface area contributed by atoms with Gasteiger partial charge < -0.3 is 19.7 Å². The molecule has 0 aromatic heterocycles. The summed E-state index contributed by atoms with van der Waals surface area (Å²) in [6.45, 7) is 0.237. The Hall–Kier alpha value is -0.680. The molecule has 0 amide bonds. The molecular formula is C12H16Cl2O4. The fourth-order valence-corrected chi connectivity index (χ4v) is 1.24. The molecule has 6 heteroatoms. The maximum atomic E-state index is 8.74. The Morgan fingerprint density at radius 1 is 0.833 bits per heavy atom. The third-order valence-corrected chi connectivity index (χ3v) is 2.61. The third-order valence-electron chi connectivity index (χ3n) is 2.08. The Labute approximate surface area is 116 Å². The van der Waals surface area contributed by atoms with Crippen LogP contribution in [-0.2, 0) is 0 Å². The van der Waals surface area contributed by atoms with Crippen LogP contribution in [0.3, 0.4) is 0 Å². The van der Waals surface area contributed by atoms with Crippen LogP contribution >= 0.6 is 23.2 Å². The van der Waals surface area contributed by atoms with E-state index in [1.54, 1.807) is 24.3 Å². The van der Waals surface area contributed by atoms with E-state index in [1.807, 2.05) is 0 Å². The number of alkyl halides is 2. The smallest absolute Gasteiger partial charge is 0.119 e. The number of benzene rings is 1. The summed E-state index contributed by atoms with van der Waals surface area (Å²) in [5.74, 6) is 1.29. The molecule has 0 saturated heterocycles. The molecule has 2 N–H and O–H groups in total. The van der Waals surface area contributed by atoms with Gasteiger partial charge in [0.2, 0.25) is 0 Å². The van der Waals surface area contributed by atoms with Gasteiger partial charge in [-0.25, -0.2) is 0 Å². The first-order chi connectivity index (χ1) is 8.65. The number of hydrogen-bond donors (Lipinski definition) is 2. The van der Waals surface area contributed by atoms with Crippen LogP contribution in [-0.4, -0.2) is 47.4 Å². The highest BCUT2D eigenvalue weighted by molar-refractivity contribution is 6.21. The van der Waals surface area contributed by atoms with Crippen molar-refractivity contribution in [2.24, 2.45) is 0 Å². The molecule has 0 bridgehead atoms. The predicted octanol–water partition coefficient (Wildman–Crippen LogP) is 1.64. The fraction of sp³-hybridized carbons (Fsp3) is 0.500. The monoisotopic (exact) mass is 294 g/mol. The lowest BCUT2D eigenvalue weighted by molar-refractivity contribution is 0.234. The van der Waals surface area contributed by atoms with Crippen molar-refractivity contribution >= 4 is 23.2 Å². The van der Waals surface area contributed by atoms with Gasteiger partial charge in [-0.05, 0) is 24.3 Å². The standard InChI is InChI=1S/C12H16Cl2O4/c13-9(5-15)7-17-11-1-2-12(4-3-11)18-8-10(14)6-16/h1-4,9-10,15-16H,5-8H2. The molecule has 18 heavy (non-hydrogen) atoms. The minimum atomic E-state index is -0.414. The van der Waals surface area contributed by atoms with Gasteiger partial charge in [-0.2, -0.15) is 0 Å². The normalized spacial score (nSPS) is 14.0. The zero-order valence-electron chi connectivity index (χ0n) is 9.76. The molecule has 0 spiro atoms. The largest absolute Gasteiger partial charge is 0.492 e. The van der Waals surface area contributed by atoms with Gasteiger partial charge in [0, 0.05) is 0 Å². The number of aliphatic hydroxyl groups excluding tert-OH is 2. The molecule has 0 aliphatic carbocycles. The van der Waals surface area contributed by atoms with Crippen molar-refractivity contribution in [1.82, 2.24) is 0 Å². The molecule has 2 unspecified atom stereocenters. The lowest BCUT2D eigenvalue weighted by atomic mass is 10.3. The van der Waals surface area contributed by atoms with Crippen molar-refractivity contribution in [3.63, 3.8) is 0 Å². The Balaban J connectivity index is 2.37. The first-order valence-corrected chi connectivity index (χ1v) is 6.38. The second kappa shape index (κ2) is 8.43. The van der Waals surface area contributed by atoms with Crippen molar-refractivity contribution in [2.45, 2.75) is 10.8 Å². The van der Waals surface area contributed by atoms with Crippen LogP contribution in [0.15, 0.2) is 24.3 Å². The lowest BCUT2D eigenvalue weighted by Gasteiger charge is -2.11. The average molecular weight is 295 g/mol. The van der Waals surface area contributed by atoms with E-state index in [-0.39, 0.29) is 26.4 Å². The Kier molecular flexibility index (Phi) is 7.20. The van der Waals surface area contributed by atoms with Crippen LogP contribution in [0.25, 0.3) is 0 Å². The van der Waals surface area contributed by atoms with Gasteiger partial charge in [0.1, 0.15) is 24.7 Å². The summed E-state index contributed by atoms with van der Waals surface area (Å²) >= 11 is 11.4. The summed E-state index contributed by atoms with van der Waals surface area (Å²) in [6.07, 6.45) is 0. The maximum absolute atomic E-state index is 8.74. The topological polar surface area (TPSA) is 58.9 Å². The van der Waals surface area contributed by atoms with Crippen molar-refractivity contribution in [2.75, 3.05) is 26.4 Å². The summed E-state index contributed by atoms with van der Waals surface area (Å²) in [5.41, 5.74) is 0. The van der Waals surface area contributed by atoms with E-state index in [0.29, 0.717) is 11.5 Å². The van der Waals surface area contributed by atoms with Crippen LogP contribution in [0, 0.1) is 0 Å². The van der Waals surface area contributed by atoms with E-state index in [1.165, 1.54) is 0 Å². The maximum Gasteiger partial charge on any atom is 0.119 e. The number of aliphatic hydroxyl groups is 2. The second-order valence-electron chi connectivity index (χ2n) is 3.65. The Bertz CT molecular complexity index is 298.